The first-order valence-electron chi connectivity index (χ1n) is 8.21. The second-order valence-electron chi connectivity index (χ2n) is 7.02. The Bertz CT molecular complexity index is 599. The molecule has 0 bridgehead atoms. The number of amides is 2. The van der Waals surface area contributed by atoms with E-state index in [1.165, 1.54) is 0 Å². The molecular weight excluding hydrogens is 276 g/mol. The fraction of sp³-hybridized carbons (Fsp3) is 0.556. The number of carbonyl (C=O) groups is 2. The Balaban J connectivity index is 1.69. The molecule has 4 nitrogen and oxygen atoms in total. The minimum atomic E-state index is -0.199. The van der Waals surface area contributed by atoms with Gasteiger partial charge in [-0.25, -0.2) is 0 Å². The molecule has 3 rings (SSSR count). The standard InChI is InChI=1S/C18H24N2O2/c1-12-7-8-14(19-16(21)13-5-3-4-6-13)11-15(12)20-17(22)18(2)9-10-18/h7-8,11,13H,3-6,9-10H2,1-2H3,(H,19,21)(H,20,22). The van der Waals surface area contributed by atoms with Gasteiger partial charge in [-0.15, -0.1) is 0 Å². The van der Waals surface area contributed by atoms with E-state index in [-0.39, 0.29) is 23.1 Å². The lowest BCUT2D eigenvalue weighted by atomic mass is 10.1. The molecule has 2 amide bonds. The van der Waals surface area contributed by atoms with Crippen molar-refractivity contribution in [1.29, 1.82) is 0 Å². The summed E-state index contributed by atoms with van der Waals surface area (Å²) in [5.74, 6) is 0.326. The number of rotatable bonds is 4. The van der Waals surface area contributed by atoms with Crippen molar-refractivity contribution in [1.82, 2.24) is 0 Å². The summed E-state index contributed by atoms with van der Waals surface area (Å²) in [4.78, 5) is 24.4. The lowest BCUT2D eigenvalue weighted by Crippen LogP contribution is -2.22. The summed E-state index contributed by atoms with van der Waals surface area (Å²) in [5, 5.41) is 5.99. The molecule has 22 heavy (non-hydrogen) atoms. The van der Waals surface area contributed by atoms with Gasteiger partial charge in [0.25, 0.3) is 0 Å². The van der Waals surface area contributed by atoms with E-state index in [4.69, 9.17) is 0 Å². The molecule has 0 radical (unpaired) electrons. The van der Waals surface area contributed by atoms with Crippen molar-refractivity contribution in [2.24, 2.45) is 11.3 Å². The van der Waals surface area contributed by atoms with Crippen LogP contribution in [0.1, 0.15) is 51.0 Å². The number of benzene rings is 1. The van der Waals surface area contributed by atoms with E-state index in [2.05, 4.69) is 10.6 Å². The monoisotopic (exact) mass is 300 g/mol. The van der Waals surface area contributed by atoms with Crippen LogP contribution < -0.4 is 10.6 Å². The van der Waals surface area contributed by atoms with Gasteiger partial charge in [-0.05, 0) is 50.3 Å². The summed E-state index contributed by atoms with van der Waals surface area (Å²) in [6.45, 7) is 3.96. The Morgan fingerprint density at radius 1 is 1.14 bits per heavy atom. The van der Waals surface area contributed by atoms with Gasteiger partial charge < -0.3 is 10.6 Å². The predicted molar refractivity (Wildman–Crippen MR) is 87.7 cm³/mol. The second kappa shape index (κ2) is 5.75. The zero-order valence-electron chi connectivity index (χ0n) is 13.4. The highest BCUT2D eigenvalue weighted by Gasteiger charge is 2.44. The van der Waals surface area contributed by atoms with Gasteiger partial charge in [0.05, 0.1) is 0 Å². The molecule has 1 aromatic carbocycles. The number of carbonyl (C=O) groups excluding carboxylic acids is 2. The summed E-state index contributed by atoms with van der Waals surface area (Å²) >= 11 is 0. The molecule has 1 aromatic rings. The minimum Gasteiger partial charge on any atom is -0.326 e. The van der Waals surface area contributed by atoms with E-state index in [0.29, 0.717) is 0 Å². The van der Waals surface area contributed by atoms with Crippen LogP contribution in [0, 0.1) is 18.3 Å². The molecule has 0 atom stereocenters. The highest BCUT2D eigenvalue weighted by atomic mass is 16.2. The molecule has 118 valence electrons. The van der Waals surface area contributed by atoms with Gasteiger partial charge in [0.15, 0.2) is 0 Å². The van der Waals surface area contributed by atoms with Gasteiger partial charge >= 0.3 is 0 Å². The third-order valence-corrected chi connectivity index (χ3v) is 5.03. The van der Waals surface area contributed by atoms with Crippen molar-refractivity contribution >= 4 is 23.2 Å². The Kier molecular flexibility index (Phi) is 3.94. The topological polar surface area (TPSA) is 58.2 Å². The molecule has 0 aromatic heterocycles. The SMILES string of the molecule is Cc1ccc(NC(=O)C2CCCC2)cc1NC(=O)C1(C)CC1. The molecule has 2 aliphatic carbocycles. The number of nitrogens with one attached hydrogen (secondary N) is 2. The zero-order chi connectivity index (χ0) is 15.7. The molecule has 0 saturated heterocycles. The second-order valence-corrected chi connectivity index (χ2v) is 7.02. The lowest BCUT2D eigenvalue weighted by molar-refractivity contribution is -0.120. The van der Waals surface area contributed by atoms with E-state index in [1.807, 2.05) is 32.0 Å². The minimum absolute atomic E-state index is 0.0786. The van der Waals surface area contributed by atoms with Crippen molar-refractivity contribution in [2.75, 3.05) is 10.6 Å². The smallest absolute Gasteiger partial charge is 0.230 e. The third-order valence-electron chi connectivity index (χ3n) is 5.03. The van der Waals surface area contributed by atoms with Crippen LogP contribution in [0.3, 0.4) is 0 Å². The Labute approximate surface area is 131 Å². The molecule has 0 unspecified atom stereocenters. The molecule has 4 heteroatoms. The Morgan fingerprint density at radius 3 is 2.45 bits per heavy atom. The van der Waals surface area contributed by atoms with Crippen molar-refractivity contribution in [3.05, 3.63) is 23.8 Å². The van der Waals surface area contributed by atoms with Gasteiger partial charge in [0.2, 0.25) is 11.8 Å². The van der Waals surface area contributed by atoms with Gasteiger partial charge in [0, 0.05) is 22.7 Å². The van der Waals surface area contributed by atoms with Crippen LogP contribution in [0.2, 0.25) is 0 Å². The highest BCUT2D eigenvalue weighted by Crippen LogP contribution is 2.46. The maximum absolute atomic E-state index is 12.2. The molecule has 0 spiro atoms. The quantitative estimate of drug-likeness (QED) is 0.887. The predicted octanol–water partition coefficient (Wildman–Crippen LogP) is 3.86. The normalized spacial score (nSPS) is 19.7. The molecule has 0 aliphatic heterocycles. The van der Waals surface area contributed by atoms with Crippen LogP contribution in [0.25, 0.3) is 0 Å². The summed E-state index contributed by atoms with van der Waals surface area (Å²) in [5.41, 5.74) is 2.37. The molecule has 2 saturated carbocycles. The first-order chi connectivity index (χ1) is 10.5. The molecular formula is C18H24N2O2. The van der Waals surface area contributed by atoms with Gasteiger partial charge in [0.1, 0.15) is 0 Å². The van der Waals surface area contributed by atoms with E-state index < -0.39 is 0 Å². The number of aryl methyl sites for hydroxylation is 1. The van der Waals surface area contributed by atoms with Crippen molar-refractivity contribution in [2.45, 2.75) is 52.4 Å². The maximum Gasteiger partial charge on any atom is 0.230 e. The van der Waals surface area contributed by atoms with Gasteiger partial charge in [-0.2, -0.15) is 0 Å². The summed E-state index contributed by atoms with van der Waals surface area (Å²) < 4.78 is 0. The fourth-order valence-corrected chi connectivity index (χ4v) is 2.95. The van der Waals surface area contributed by atoms with Crippen molar-refractivity contribution < 1.29 is 9.59 Å². The Hall–Kier alpha value is -1.84. The number of anilines is 2. The maximum atomic E-state index is 12.2. The molecule has 2 fully saturated rings. The lowest BCUT2D eigenvalue weighted by Gasteiger charge is -2.15. The van der Waals surface area contributed by atoms with E-state index >= 15 is 0 Å². The van der Waals surface area contributed by atoms with Crippen LogP contribution in [0.5, 0.6) is 0 Å². The number of hydrogen-bond acceptors (Lipinski definition) is 2. The van der Waals surface area contributed by atoms with E-state index in [1.54, 1.807) is 0 Å². The van der Waals surface area contributed by atoms with Gasteiger partial charge in [-0.1, -0.05) is 25.8 Å². The van der Waals surface area contributed by atoms with Crippen molar-refractivity contribution in [3.8, 4) is 0 Å². The van der Waals surface area contributed by atoms with Crippen LogP contribution in [-0.4, -0.2) is 11.8 Å². The average molecular weight is 300 g/mol. The number of hydrogen-bond donors (Lipinski definition) is 2. The fourth-order valence-electron chi connectivity index (χ4n) is 2.95. The summed E-state index contributed by atoms with van der Waals surface area (Å²) in [6, 6.07) is 5.71. The highest BCUT2D eigenvalue weighted by molar-refractivity contribution is 5.99. The summed E-state index contributed by atoms with van der Waals surface area (Å²) in [7, 11) is 0. The van der Waals surface area contributed by atoms with Crippen LogP contribution in [0.4, 0.5) is 11.4 Å². The first-order valence-corrected chi connectivity index (χ1v) is 8.21. The molecule has 2 aliphatic rings. The van der Waals surface area contributed by atoms with Gasteiger partial charge in [-0.3, -0.25) is 9.59 Å². The van der Waals surface area contributed by atoms with E-state index in [0.717, 1.165) is 55.5 Å². The van der Waals surface area contributed by atoms with Crippen LogP contribution >= 0.6 is 0 Å². The largest absolute Gasteiger partial charge is 0.326 e. The van der Waals surface area contributed by atoms with E-state index in [9.17, 15) is 9.59 Å². The third kappa shape index (κ3) is 3.16. The van der Waals surface area contributed by atoms with Crippen molar-refractivity contribution in [3.63, 3.8) is 0 Å². The van der Waals surface area contributed by atoms with Crippen LogP contribution in [-0.2, 0) is 9.59 Å². The average Bonchev–Trinajstić information content (AvgIpc) is 3.03. The molecule has 2 N–H and O–H groups in total. The Morgan fingerprint density at radius 2 is 1.82 bits per heavy atom. The first kappa shape index (κ1) is 15.1. The summed E-state index contributed by atoms with van der Waals surface area (Å²) in [6.07, 6.45) is 6.17. The molecule has 0 heterocycles. The zero-order valence-corrected chi connectivity index (χ0v) is 13.4. The van der Waals surface area contributed by atoms with Crippen LogP contribution in [0.15, 0.2) is 18.2 Å².